The minimum absolute atomic E-state index is 0.174. The van der Waals surface area contributed by atoms with Crippen molar-refractivity contribution in [2.75, 3.05) is 6.54 Å². The van der Waals surface area contributed by atoms with Gasteiger partial charge in [0.25, 0.3) is 5.91 Å². The average Bonchev–Trinajstić information content (AvgIpc) is 2.76. The summed E-state index contributed by atoms with van der Waals surface area (Å²) in [4.78, 5) is 25.8. The molecule has 0 aliphatic carbocycles. The molecule has 1 heterocycles. The van der Waals surface area contributed by atoms with E-state index in [2.05, 4.69) is 5.32 Å². The highest BCUT2D eigenvalue weighted by molar-refractivity contribution is 6.31. The monoisotopic (exact) mass is 469 g/mol. The molecule has 2 aromatic rings. The number of piperidine rings is 1. The van der Waals surface area contributed by atoms with Gasteiger partial charge in [0, 0.05) is 18.7 Å². The molecule has 3 rings (SSSR count). The lowest BCUT2D eigenvalue weighted by atomic mass is 9.88. The first-order valence-electron chi connectivity index (χ1n) is 10.0. The third-order valence-electron chi connectivity index (χ3n) is 5.57. The molecule has 2 atom stereocenters. The lowest BCUT2D eigenvalue weighted by molar-refractivity contribution is -0.137. The number of carbonyl (C=O) groups is 2. The van der Waals surface area contributed by atoms with Gasteiger partial charge in [-0.1, -0.05) is 36.7 Å². The smallest absolute Gasteiger partial charge is 0.334 e. The summed E-state index contributed by atoms with van der Waals surface area (Å²) in [5, 5.41) is 11.1. The fourth-order valence-corrected chi connectivity index (χ4v) is 4.01. The molecule has 32 heavy (non-hydrogen) atoms. The Bertz CT molecular complexity index is 983. The maximum Gasteiger partial charge on any atom is 0.417 e. The number of benzene rings is 2. The molecule has 3 N–H and O–H groups in total. The third kappa shape index (κ3) is 5.52. The molecule has 2 unspecified atom stereocenters. The molecule has 3 amide bonds. The molecule has 10 heteroatoms. The highest BCUT2D eigenvalue weighted by Gasteiger charge is 2.36. The summed E-state index contributed by atoms with van der Waals surface area (Å²) in [7, 11) is 0. The van der Waals surface area contributed by atoms with Crippen LogP contribution in [-0.4, -0.2) is 28.6 Å². The van der Waals surface area contributed by atoms with E-state index in [1.807, 2.05) is 6.92 Å². The van der Waals surface area contributed by atoms with Crippen LogP contribution >= 0.6 is 11.6 Å². The Balaban J connectivity index is 1.75. The van der Waals surface area contributed by atoms with E-state index in [-0.39, 0.29) is 29.1 Å². The largest absolute Gasteiger partial charge is 0.417 e. The molecule has 1 saturated heterocycles. The van der Waals surface area contributed by atoms with E-state index in [1.165, 1.54) is 24.3 Å². The molecule has 0 radical (unpaired) electrons. The summed E-state index contributed by atoms with van der Waals surface area (Å²) in [6.07, 6.45) is -3.30. The Morgan fingerprint density at radius 1 is 1.19 bits per heavy atom. The Morgan fingerprint density at radius 3 is 2.50 bits per heavy atom. The van der Waals surface area contributed by atoms with Crippen molar-refractivity contribution in [1.29, 1.82) is 0 Å². The summed E-state index contributed by atoms with van der Waals surface area (Å²) in [6, 6.07) is 9.16. The summed E-state index contributed by atoms with van der Waals surface area (Å²) < 4.78 is 40.0. The molecule has 6 nitrogen and oxygen atoms in total. The van der Waals surface area contributed by atoms with Crippen molar-refractivity contribution < 1.29 is 28.0 Å². The summed E-state index contributed by atoms with van der Waals surface area (Å²) in [5.74, 6) is -0.397. The lowest BCUT2D eigenvalue weighted by Crippen LogP contribution is -2.45. The van der Waals surface area contributed by atoms with Gasteiger partial charge in [-0.3, -0.25) is 10.0 Å². The Morgan fingerprint density at radius 2 is 1.88 bits per heavy atom. The van der Waals surface area contributed by atoms with Crippen LogP contribution in [0.25, 0.3) is 0 Å². The van der Waals surface area contributed by atoms with Crippen molar-refractivity contribution in [1.82, 2.24) is 15.7 Å². The highest BCUT2D eigenvalue weighted by atomic mass is 35.5. The first kappa shape index (κ1) is 23.9. The molecule has 0 spiro atoms. The molecular formula is C22H23ClF3N3O3. The van der Waals surface area contributed by atoms with E-state index in [4.69, 9.17) is 16.8 Å². The molecule has 1 fully saturated rings. The van der Waals surface area contributed by atoms with Crippen molar-refractivity contribution >= 4 is 23.5 Å². The van der Waals surface area contributed by atoms with Gasteiger partial charge in [-0.2, -0.15) is 13.2 Å². The third-order valence-corrected chi connectivity index (χ3v) is 5.90. The number of hydrogen-bond donors (Lipinski definition) is 3. The molecule has 1 aliphatic heterocycles. The number of halogens is 4. The van der Waals surface area contributed by atoms with Crippen LogP contribution in [0.4, 0.5) is 18.0 Å². The topological polar surface area (TPSA) is 81.7 Å². The van der Waals surface area contributed by atoms with E-state index < -0.39 is 23.7 Å². The standard InChI is InChI=1S/C22H23ClF3N3O3/c1-13-8-9-29(19(10-13)16-6-7-18(23)17(11-16)22(24,25)26)21(31)27-12-14-2-4-15(5-3-14)20(30)28-32/h2-7,11,13,19,32H,8-10,12H2,1H3,(H,27,31)(H,28,30). The normalized spacial score (nSPS) is 18.9. The summed E-state index contributed by atoms with van der Waals surface area (Å²) in [5.41, 5.74) is 2.00. The zero-order valence-corrected chi connectivity index (χ0v) is 18.0. The number of alkyl halides is 3. The first-order chi connectivity index (χ1) is 15.1. The number of nitrogens with zero attached hydrogens (tertiary/aromatic N) is 1. The number of hydroxylamine groups is 1. The number of carbonyl (C=O) groups excluding carboxylic acids is 2. The minimum Gasteiger partial charge on any atom is -0.334 e. The van der Waals surface area contributed by atoms with Crippen LogP contribution in [0.5, 0.6) is 0 Å². The van der Waals surface area contributed by atoms with Gasteiger partial charge < -0.3 is 10.2 Å². The van der Waals surface area contributed by atoms with Crippen LogP contribution in [0, 0.1) is 5.92 Å². The Kier molecular flexibility index (Phi) is 7.30. The van der Waals surface area contributed by atoms with Crippen molar-refractivity contribution in [2.45, 2.75) is 38.5 Å². The summed E-state index contributed by atoms with van der Waals surface area (Å²) in [6.45, 7) is 2.59. The molecule has 0 bridgehead atoms. The predicted molar refractivity (Wildman–Crippen MR) is 112 cm³/mol. The second-order valence-corrected chi connectivity index (χ2v) is 8.28. The Hall–Kier alpha value is -2.78. The first-order valence-corrected chi connectivity index (χ1v) is 10.4. The van der Waals surface area contributed by atoms with E-state index in [9.17, 15) is 22.8 Å². The van der Waals surface area contributed by atoms with E-state index >= 15 is 0 Å². The quantitative estimate of drug-likeness (QED) is 0.427. The van der Waals surface area contributed by atoms with Crippen LogP contribution in [0.1, 0.15) is 52.9 Å². The fourth-order valence-electron chi connectivity index (χ4n) is 3.79. The van der Waals surface area contributed by atoms with Gasteiger partial charge in [0.05, 0.1) is 16.6 Å². The van der Waals surface area contributed by atoms with Gasteiger partial charge in [0.15, 0.2) is 0 Å². The van der Waals surface area contributed by atoms with E-state index in [0.717, 1.165) is 18.1 Å². The van der Waals surface area contributed by atoms with Crippen molar-refractivity contribution in [2.24, 2.45) is 5.92 Å². The lowest BCUT2D eigenvalue weighted by Gasteiger charge is -2.39. The van der Waals surface area contributed by atoms with Crippen LogP contribution in [-0.2, 0) is 12.7 Å². The van der Waals surface area contributed by atoms with Crippen LogP contribution < -0.4 is 10.8 Å². The van der Waals surface area contributed by atoms with Gasteiger partial charge in [-0.15, -0.1) is 0 Å². The maximum atomic E-state index is 13.3. The number of nitrogens with one attached hydrogen (secondary N) is 2. The Labute approximate surface area is 188 Å². The van der Waals surface area contributed by atoms with E-state index in [1.54, 1.807) is 22.5 Å². The molecule has 2 aromatic carbocycles. The zero-order valence-electron chi connectivity index (χ0n) is 17.2. The van der Waals surface area contributed by atoms with Crippen molar-refractivity contribution in [3.8, 4) is 0 Å². The van der Waals surface area contributed by atoms with Gasteiger partial charge in [0.1, 0.15) is 0 Å². The molecule has 0 saturated carbocycles. The SMILES string of the molecule is CC1CCN(C(=O)NCc2ccc(C(=O)NO)cc2)C(c2ccc(Cl)c(C(F)(F)F)c2)C1. The fraction of sp³-hybridized carbons (Fsp3) is 0.364. The molecule has 0 aromatic heterocycles. The minimum atomic E-state index is -4.58. The maximum absolute atomic E-state index is 13.3. The number of rotatable bonds is 4. The molecule has 172 valence electrons. The van der Waals surface area contributed by atoms with Crippen LogP contribution in [0.15, 0.2) is 42.5 Å². The second-order valence-electron chi connectivity index (χ2n) is 7.87. The van der Waals surface area contributed by atoms with Gasteiger partial charge >= 0.3 is 12.2 Å². The van der Waals surface area contributed by atoms with Crippen molar-refractivity contribution in [3.05, 3.63) is 69.7 Å². The van der Waals surface area contributed by atoms with Crippen molar-refractivity contribution in [3.63, 3.8) is 0 Å². The second kappa shape index (κ2) is 9.79. The number of likely N-dealkylation sites (tertiary alicyclic amines) is 1. The number of urea groups is 1. The summed E-state index contributed by atoms with van der Waals surface area (Å²) >= 11 is 5.75. The van der Waals surface area contributed by atoms with Crippen LogP contribution in [0.3, 0.4) is 0 Å². The van der Waals surface area contributed by atoms with Gasteiger partial charge in [0.2, 0.25) is 0 Å². The van der Waals surface area contributed by atoms with Crippen LogP contribution in [0.2, 0.25) is 5.02 Å². The molecule has 1 aliphatic rings. The highest BCUT2D eigenvalue weighted by Crippen LogP contribution is 2.40. The van der Waals surface area contributed by atoms with Gasteiger partial charge in [-0.05, 0) is 54.2 Å². The van der Waals surface area contributed by atoms with Gasteiger partial charge in [-0.25, -0.2) is 10.3 Å². The average molecular weight is 470 g/mol. The number of amides is 3. The van der Waals surface area contributed by atoms with E-state index in [0.29, 0.717) is 18.5 Å². The number of hydrogen-bond acceptors (Lipinski definition) is 3. The predicted octanol–water partition coefficient (Wildman–Crippen LogP) is 5.16. The zero-order chi connectivity index (χ0) is 23.5. The molecular weight excluding hydrogens is 447 g/mol.